The van der Waals surface area contributed by atoms with Gasteiger partial charge in [-0.3, -0.25) is 4.79 Å². The third kappa shape index (κ3) is 4.53. The van der Waals surface area contributed by atoms with Crippen molar-refractivity contribution in [1.29, 1.82) is 0 Å². The number of hydrogen-bond donors (Lipinski definition) is 1. The molecule has 0 aliphatic rings. The molecule has 3 heteroatoms. The van der Waals surface area contributed by atoms with Crippen molar-refractivity contribution in [2.75, 3.05) is 0 Å². The number of primary amides is 1. The molecule has 0 heterocycles. The number of nitrogens with two attached hydrogens (primary N) is 1. The van der Waals surface area contributed by atoms with E-state index in [-0.39, 0.29) is 17.6 Å². The molecule has 1 unspecified atom stereocenters. The number of ketones is 1. The Bertz CT molecular complexity index is 154. The summed E-state index contributed by atoms with van der Waals surface area (Å²) in [4.78, 5) is 21.2. The second-order valence-electron chi connectivity index (χ2n) is 2.75. The third-order valence-electron chi connectivity index (χ3n) is 1.74. The molecule has 0 aromatic heterocycles. The highest BCUT2D eigenvalue weighted by Crippen LogP contribution is 2.09. The van der Waals surface area contributed by atoms with E-state index < -0.39 is 0 Å². The van der Waals surface area contributed by atoms with Crippen LogP contribution < -0.4 is 5.73 Å². The zero-order valence-electron chi connectivity index (χ0n) is 7.09. The Labute approximate surface area is 67.0 Å². The quantitative estimate of drug-likeness (QED) is 0.643. The van der Waals surface area contributed by atoms with Crippen molar-refractivity contribution < 1.29 is 9.59 Å². The predicted octanol–water partition coefficient (Wildman–Crippen LogP) is 0.867. The first-order chi connectivity index (χ1) is 5.07. The fourth-order valence-electron chi connectivity index (χ4n) is 0.925. The Balaban J connectivity index is 3.70. The van der Waals surface area contributed by atoms with Crippen LogP contribution in [-0.2, 0) is 9.59 Å². The van der Waals surface area contributed by atoms with Gasteiger partial charge in [0.15, 0.2) is 0 Å². The minimum Gasteiger partial charge on any atom is -0.369 e. The number of carbonyl (C=O) groups is 2. The first kappa shape index (κ1) is 10.1. The molecule has 0 aliphatic carbocycles. The Morgan fingerprint density at radius 3 is 2.27 bits per heavy atom. The summed E-state index contributed by atoms with van der Waals surface area (Å²) < 4.78 is 0. The fourth-order valence-corrected chi connectivity index (χ4v) is 0.925. The number of amides is 1. The monoisotopic (exact) mass is 157 g/mol. The first-order valence-electron chi connectivity index (χ1n) is 3.86. The van der Waals surface area contributed by atoms with Crippen molar-refractivity contribution in [3.8, 4) is 0 Å². The summed E-state index contributed by atoms with van der Waals surface area (Å²) in [5.74, 6) is -0.308. The van der Waals surface area contributed by atoms with Gasteiger partial charge < -0.3 is 10.5 Å². The van der Waals surface area contributed by atoms with Crippen LogP contribution in [-0.4, -0.2) is 11.7 Å². The number of rotatable bonds is 5. The number of Topliss-reactive ketones (excluding diaryl/α,β-unsaturated/α-hetero) is 1. The lowest BCUT2D eigenvalue weighted by Gasteiger charge is -2.07. The molecule has 64 valence electrons. The van der Waals surface area contributed by atoms with Crippen LogP contribution in [0.25, 0.3) is 0 Å². The molecule has 0 radical (unpaired) electrons. The van der Waals surface area contributed by atoms with Crippen LogP contribution in [0.2, 0.25) is 0 Å². The SMILES string of the molecule is CCC(CCC(C)=O)C(N)=O. The first-order valence-corrected chi connectivity index (χ1v) is 3.86. The molecular formula is C8H15NO2. The average molecular weight is 157 g/mol. The zero-order chi connectivity index (χ0) is 8.85. The van der Waals surface area contributed by atoms with Gasteiger partial charge in [-0.25, -0.2) is 0 Å². The third-order valence-corrected chi connectivity index (χ3v) is 1.74. The van der Waals surface area contributed by atoms with E-state index in [1.54, 1.807) is 0 Å². The molecule has 11 heavy (non-hydrogen) atoms. The van der Waals surface area contributed by atoms with Crippen LogP contribution >= 0.6 is 0 Å². The Morgan fingerprint density at radius 2 is 2.00 bits per heavy atom. The standard InChI is InChI=1S/C8H15NO2/c1-3-7(8(9)11)5-4-6(2)10/h7H,3-5H2,1-2H3,(H2,9,11). The second kappa shape index (κ2) is 4.88. The summed E-state index contributed by atoms with van der Waals surface area (Å²) in [6.45, 7) is 3.42. The van der Waals surface area contributed by atoms with E-state index in [4.69, 9.17) is 5.73 Å². The van der Waals surface area contributed by atoms with Crippen molar-refractivity contribution in [2.45, 2.75) is 33.1 Å². The topological polar surface area (TPSA) is 60.2 Å². The summed E-state index contributed by atoms with van der Waals surface area (Å²) in [7, 11) is 0. The van der Waals surface area contributed by atoms with Gasteiger partial charge in [0.25, 0.3) is 0 Å². The van der Waals surface area contributed by atoms with Gasteiger partial charge in [0, 0.05) is 12.3 Å². The van der Waals surface area contributed by atoms with Crippen molar-refractivity contribution in [2.24, 2.45) is 11.7 Å². The van der Waals surface area contributed by atoms with E-state index in [1.165, 1.54) is 6.92 Å². The maximum absolute atomic E-state index is 10.7. The average Bonchev–Trinajstić information content (AvgIpc) is 1.87. The van der Waals surface area contributed by atoms with E-state index in [0.717, 1.165) is 6.42 Å². The van der Waals surface area contributed by atoms with E-state index in [0.29, 0.717) is 12.8 Å². The number of carbonyl (C=O) groups excluding carboxylic acids is 2. The summed E-state index contributed by atoms with van der Waals surface area (Å²) in [6.07, 6.45) is 1.78. The molecule has 0 aliphatic heterocycles. The molecule has 0 saturated carbocycles. The maximum atomic E-state index is 10.7. The molecule has 0 saturated heterocycles. The molecule has 3 nitrogen and oxygen atoms in total. The normalized spacial score (nSPS) is 12.5. The Kier molecular flexibility index (Phi) is 4.50. The van der Waals surface area contributed by atoms with Gasteiger partial charge in [-0.2, -0.15) is 0 Å². The fraction of sp³-hybridized carbons (Fsp3) is 0.750. The van der Waals surface area contributed by atoms with Gasteiger partial charge in [-0.1, -0.05) is 6.92 Å². The lowest BCUT2D eigenvalue weighted by atomic mass is 9.99. The second-order valence-corrected chi connectivity index (χ2v) is 2.75. The van der Waals surface area contributed by atoms with Crippen LogP contribution in [0, 0.1) is 5.92 Å². The summed E-state index contributed by atoms with van der Waals surface area (Å²) in [6, 6.07) is 0. The molecular weight excluding hydrogens is 142 g/mol. The van der Waals surface area contributed by atoms with Crippen molar-refractivity contribution >= 4 is 11.7 Å². The van der Waals surface area contributed by atoms with Crippen LogP contribution in [0.15, 0.2) is 0 Å². The van der Waals surface area contributed by atoms with E-state index >= 15 is 0 Å². The largest absolute Gasteiger partial charge is 0.369 e. The van der Waals surface area contributed by atoms with Crippen molar-refractivity contribution in [3.63, 3.8) is 0 Å². The molecule has 0 rings (SSSR count). The molecule has 0 aromatic rings. The molecule has 0 fully saturated rings. The van der Waals surface area contributed by atoms with Crippen molar-refractivity contribution in [1.82, 2.24) is 0 Å². The lowest BCUT2D eigenvalue weighted by molar-refractivity contribution is -0.122. The number of hydrogen-bond acceptors (Lipinski definition) is 2. The van der Waals surface area contributed by atoms with Gasteiger partial charge in [0.2, 0.25) is 5.91 Å². The highest BCUT2D eigenvalue weighted by Gasteiger charge is 2.12. The zero-order valence-corrected chi connectivity index (χ0v) is 7.09. The van der Waals surface area contributed by atoms with Crippen LogP contribution in [0.1, 0.15) is 33.1 Å². The minimum atomic E-state index is -0.297. The Hall–Kier alpha value is -0.860. The molecule has 0 spiro atoms. The predicted molar refractivity (Wildman–Crippen MR) is 42.9 cm³/mol. The van der Waals surface area contributed by atoms with Crippen LogP contribution in [0.3, 0.4) is 0 Å². The maximum Gasteiger partial charge on any atom is 0.220 e. The summed E-state index contributed by atoms with van der Waals surface area (Å²) in [5.41, 5.74) is 5.08. The minimum absolute atomic E-state index is 0.115. The smallest absolute Gasteiger partial charge is 0.220 e. The van der Waals surface area contributed by atoms with E-state index in [9.17, 15) is 9.59 Å². The highest BCUT2D eigenvalue weighted by molar-refractivity contribution is 5.79. The van der Waals surface area contributed by atoms with Gasteiger partial charge in [-0.05, 0) is 19.8 Å². The highest BCUT2D eigenvalue weighted by atomic mass is 16.1. The van der Waals surface area contributed by atoms with Crippen LogP contribution in [0.4, 0.5) is 0 Å². The van der Waals surface area contributed by atoms with Gasteiger partial charge in [0.1, 0.15) is 5.78 Å². The molecule has 0 aromatic carbocycles. The van der Waals surface area contributed by atoms with E-state index in [2.05, 4.69) is 0 Å². The Morgan fingerprint density at radius 1 is 1.45 bits per heavy atom. The van der Waals surface area contributed by atoms with Gasteiger partial charge in [-0.15, -0.1) is 0 Å². The summed E-state index contributed by atoms with van der Waals surface area (Å²) in [5, 5.41) is 0. The van der Waals surface area contributed by atoms with Gasteiger partial charge in [0.05, 0.1) is 0 Å². The summed E-state index contributed by atoms with van der Waals surface area (Å²) >= 11 is 0. The molecule has 1 atom stereocenters. The molecule has 1 amide bonds. The molecule has 0 bridgehead atoms. The molecule has 2 N–H and O–H groups in total. The van der Waals surface area contributed by atoms with Crippen LogP contribution in [0.5, 0.6) is 0 Å². The van der Waals surface area contributed by atoms with Crippen molar-refractivity contribution in [3.05, 3.63) is 0 Å². The van der Waals surface area contributed by atoms with E-state index in [1.807, 2.05) is 6.92 Å². The lowest BCUT2D eigenvalue weighted by Crippen LogP contribution is -2.22. The van der Waals surface area contributed by atoms with Gasteiger partial charge >= 0.3 is 0 Å².